The van der Waals surface area contributed by atoms with E-state index in [0.29, 0.717) is 32.6 Å². The number of carbonyl (C=O) groups is 3. The molecular formula is C33H23Cl2N3O5S2. The first kappa shape index (κ1) is 29.6. The molecule has 226 valence electrons. The lowest BCUT2D eigenvalue weighted by atomic mass is 9.83. The summed E-state index contributed by atoms with van der Waals surface area (Å²) in [5.41, 5.74) is 1.57. The number of nitrogens with one attached hydrogen (secondary N) is 1. The first-order chi connectivity index (χ1) is 21.8. The third-order valence-electron chi connectivity index (χ3n) is 8.06. The molecule has 7 rings (SSSR count). The van der Waals surface area contributed by atoms with Gasteiger partial charge in [0, 0.05) is 21.9 Å². The summed E-state index contributed by atoms with van der Waals surface area (Å²) in [5, 5.41) is 4.89. The Morgan fingerprint density at radius 1 is 0.911 bits per heavy atom. The van der Waals surface area contributed by atoms with Gasteiger partial charge in [0.25, 0.3) is 0 Å². The molecular weight excluding hydrogens is 653 g/mol. The van der Waals surface area contributed by atoms with Crippen molar-refractivity contribution in [3.8, 4) is 5.75 Å². The number of halogens is 2. The van der Waals surface area contributed by atoms with Crippen molar-refractivity contribution in [3.05, 3.63) is 115 Å². The van der Waals surface area contributed by atoms with Crippen LogP contribution in [0, 0.1) is 5.92 Å². The van der Waals surface area contributed by atoms with Crippen LogP contribution in [0.4, 0.5) is 11.4 Å². The molecule has 12 heteroatoms. The lowest BCUT2D eigenvalue weighted by Gasteiger charge is -2.31. The predicted molar refractivity (Wildman–Crippen MR) is 178 cm³/mol. The highest BCUT2D eigenvalue weighted by atomic mass is 35.5. The summed E-state index contributed by atoms with van der Waals surface area (Å²) < 4.78 is 6.62. The molecule has 2 aliphatic heterocycles. The first-order valence-corrected chi connectivity index (χ1v) is 16.4. The first-order valence-electron chi connectivity index (χ1n) is 13.9. The molecule has 4 aromatic carbocycles. The van der Waals surface area contributed by atoms with Gasteiger partial charge in [0.2, 0.25) is 17.7 Å². The van der Waals surface area contributed by atoms with Crippen LogP contribution < -0.4 is 19.8 Å². The minimum atomic E-state index is -0.867. The highest BCUT2D eigenvalue weighted by Crippen LogP contribution is 2.55. The molecule has 3 amide bonds. The summed E-state index contributed by atoms with van der Waals surface area (Å²) in [6, 6.07) is 25.1. The number of rotatable bonds is 6. The molecule has 1 N–H and O–H groups in total. The summed E-state index contributed by atoms with van der Waals surface area (Å²) in [6.07, 6.45) is 0. The van der Waals surface area contributed by atoms with Crippen LogP contribution in [0.2, 0.25) is 10.0 Å². The second-order valence-electron chi connectivity index (χ2n) is 10.6. The molecule has 8 nitrogen and oxygen atoms in total. The molecule has 0 saturated carbocycles. The summed E-state index contributed by atoms with van der Waals surface area (Å²) in [5.74, 6) is -2.24. The Bertz CT molecular complexity index is 2070. The fourth-order valence-electron chi connectivity index (χ4n) is 6.00. The molecule has 1 fully saturated rings. The number of ether oxygens (including phenoxy) is 1. The highest BCUT2D eigenvalue weighted by molar-refractivity contribution is 8.00. The zero-order valence-corrected chi connectivity index (χ0v) is 26.7. The molecule has 1 saturated heterocycles. The Hall–Kier alpha value is -4.09. The molecule has 3 atom stereocenters. The van der Waals surface area contributed by atoms with E-state index in [2.05, 4.69) is 5.32 Å². The molecule has 0 spiro atoms. The van der Waals surface area contributed by atoms with Gasteiger partial charge >= 0.3 is 4.87 Å². The number of aromatic nitrogens is 1. The Labute approximate surface area is 275 Å². The largest absolute Gasteiger partial charge is 0.497 e. The molecule has 5 aromatic rings. The van der Waals surface area contributed by atoms with Crippen molar-refractivity contribution < 1.29 is 19.1 Å². The maximum absolute atomic E-state index is 14.1. The Morgan fingerprint density at radius 3 is 2.42 bits per heavy atom. The van der Waals surface area contributed by atoms with Crippen LogP contribution in [0.15, 0.2) is 94.7 Å². The van der Waals surface area contributed by atoms with Crippen molar-refractivity contribution in [2.75, 3.05) is 17.3 Å². The number of benzene rings is 4. The quantitative estimate of drug-likeness (QED) is 0.199. The molecule has 45 heavy (non-hydrogen) atoms. The zero-order valence-electron chi connectivity index (χ0n) is 23.5. The maximum atomic E-state index is 14.1. The van der Waals surface area contributed by atoms with E-state index in [1.807, 2.05) is 36.4 Å². The number of fused-ring (bicyclic) bond motifs is 3. The minimum absolute atomic E-state index is 0.241. The smallest absolute Gasteiger partial charge is 0.308 e. The second kappa shape index (κ2) is 11.7. The van der Waals surface area contributed by atoms with Crippen LogP contribution in [-0.4, -0.2) is 34.6 Å². The average Bonchev–Trinajstić information content (AvgIpc) is 3.49. The number of hydrogen-bond donors (Lipinski definition) is 1. The minimum Gasteiger partial charge on any atom is -0.497 e. The fraction of sp³-hybridized carbons (Fsp3) is 0.152. The van der Waals surface area contributed by atoms with E-state index < -0.39 is 34.8 Å². The summed E-state index contributed by atoms with van der Waals surface area (Å²) in [7, 11) is 1.53. The van der Waals surface area contributed by atoms with Gasteiger partial charge in [-0.25, -0.2) is 4.90 Å². The van der Waals surface area contributed by atoms with Gasteiger partial charge in [-0.05, 0) is 47.3 Å². The monoisotopic (exact) mass is 675 g/mol. The van der Waals surface area contributed by atoms with Crippen LogP contribution in [0.1, 0.15) is 16.4 Å². The van der Waals surface area contributed by atoms with E-state index >= 15 is 0 Å². The third-order valence-corrected chi connectivity index (χ3v) is 11.5. The van der Waals surface area contributed by atoms with Crippen molar-refractivity contribution in [1.82, 2.24) is 4.57 Å². The van der Waals surface area contributed by atoms with Gasteiger partial charge in [0.1, 0.15) is 17.5 Å². The number of thiazole rings is 1. The van der Waals surface area contributed by atoms with Gasteiger partial charge < -0.3 is 10.1 Å². The molecule has 1 aromatic heterocycles. The molecule has 0 radical (unpaired) electrons. The van der Waals surface area contributed by atoms with E-state index in [1.54, 1.807) is 48.5 Å². The van der Waals surface area contributed by atoms with Gasteiger partial charge in [0.15, 0.2) is 0 Å². The highest BCUT2D eigenvalue weighted by Gasteiger charge is 2.57. The number of methoxy groups -OCH3 is 1. The van der Waals surface area contributed by atoms with E-state index in [-0.39, 0.29) is 21.5 Å². The van der Waals surface area contributed by atoms with Gasteiger partial charge in [-0.2, -0.15) is 0 Å². The molecule has 0 aliphatic carbocycles. The van der Waals surface area contributed by atoms with E-state index in [4.69, 9.17) is 27.9 Å². The number of nitrogens with zero attached hydrogens (tertiary/aromatic N) is 2. The number of imide groups is 1. The molecule has 3 heterocycles. The normalized spacial score (nSPS) is 19.0. The summed E-state index contributed by atoms with van der Waals surface area (Å²) in [6.45, 7) is -0.279. The maximum Gasteiger partial charge on any atom is 0.308 e. The lowest BCUT2D eigenvalue weighted by Crippen LogP contribution is -2.33. The van der Waals surface area contributed by atoms with Crippen molar-refractivity contribution in [2.45, 2.75) is 22.7 Å². The van der Waals surface area contributed by atoms with E-state index in [0.717, 1.165) is 33.9 Å². The van der Waals surface area contributed by atoms with Crippen molar-refractivity contribution in [1.29, 1.82) is 0 Å². The van der Waals surface area contributed by atoms with Crippen LogP contribution in [0.5, 0.6) is 5.75 Å². The van der Waals surface area contributed by atoms with Gasteiger partial charge in [0.05, 0.1) is 33.8 Å². The fourth-order valence-corrected chi connectivity index (χ4v) is 9.19. The van der Waals surface area contributed by atoms with E-state index in [1.165, 1.54) is 16.6 Å². The van der Waals surface area contributed by atoms with Crippen molar-refractivity contribution in [3.63, 3.8) is 0 Å². The SMILES string of the molecule is COc1ccc(N2C(=O)[C@H]3[C@H](c4cccc(Cl)c4Cl)c4sc(=O)n(CC(=O)Nc5cccc6ccccc56)c4S[C@H]3C2=O)cc1. The van der Waals surface area contributed by atoms with Crippen LogP contribution in [0.25, 0.3) is 10.8 Å². The standard InChI is InChI=1S/C33H23Cl2N3O5S2/c1-43-19-14-12-18(13-15-19)38-30(40)26-25(21-9-5-10-22(34)27(21)35)29-32(44-28(26)31(38)41)37(33(42)45-29)16-24(39)36-23-11-4-7-17-6-2-3-8-20(17)23/h2-15,25-26,28H,16H2,1H3,(H,36,39)/t25-,26-,28+/m0/s1. The summed E-state index contributed by atoms with van der Waals surface area (Å²) in [4.78, 5) is 56.4. The van der Waals surface area contributed by atoms with Crippen molar-refractivity contribution in [2.24, 2.45) is 5.92 Å². The number of hydrogen-bond acceptors (Lipinski definition) is 7. The zero-order chi connectivity index (χ0) is 31.4. The van der Waals surface area contributed by atoms with Crippen molar-refractivity contribution >= 4 is 86.2 Å². The van der Waals surface area contributed by atoms with Crippen LogP contribution >= 0.6 is 46.3 Å². The average molecular weight is 677 g/mol. The Balaban J connectivity index is 1.29. The molecule has 0 bridgehead atoms. The summed E-state index contributed by atoms with van der Waals surface area (Å²) >= 11 is 15.2. The van der Waals surface area contributed by atoms with Gasteiger partial charge in [-0.15, -0.1) is 0 Å². The van der Waals surface area contributed by atoms with Gasteiger partial charge in [-0.1, -0.05) is 94.8 Å². The second-order valence-corrected chi connectivity index (χ2v) is 13.5. The van der Waals surface area contributed by atoms with E-state index in [9.17, 15) is 19.2 Å². The Morgan fingerprint density at radius 2 is 1.64 bits per heavy atom. The third kappa shape index (κ3) is 5.02. The van der Waals surface area contributed by atoms with Crippen LogP contribution in [0.3, 0.4) is 0 Å². The lowest BCUT2D eigenvalue weighted by molar-refractivity contribution is -0.122. The molecule has 0 unspecified atom stereocenters. The topological polar surface area (TPSA) is 97.7 Å². The van der Waals surface area contributed by atoms with Gasteiger partial charge in [-0.3, -0.25) is 23.7 Å². The number of anilines is 2. The van der Waals surface area contributed by atoms with Crippen LogP contribution in [-0.2, 0) is 20.9 Å². The number of amides is 3. The number of carbonyl (C=O) groups excluding carboxylic acids is 3. The predicted octanol–water partition coefficient (Wildman–Crippen LogP) is 6.81. The number of thioether (sulfide) groups is 1. The Kier molecular flexibility index (Phi) is 7.69. The molecule has 2 aliphatic rings.